The van der Waals surface area contributed by atoms with Crippen LogP contribution in [0.15, 0.2) is 58.6 Å². The molecular formula is C24H21FN2O6. The van der Waals surface area contributed by atoms with E-state index in [4.69, 9.17) is 14.0 Å². The van der Waals surface area contributed by atoms with Gasteiger partial charge >= 0.3 is 5.91 Å². The Morgan fingerprint density at radius 2 is 1.88 bits per heavy atom. The number of amides is 1. The zero-order valence-corrected chi connectivity index (χ0v) is 18.2. The maximum Gasteiger partial charge on any atom is 0.301 e. The number of Topliss-reactive ketones (excluding diaryl/α,β-unsaturated/α-hetero) is 1. The van der Waals surface area contributed by atoms with E-state index >= 15 is 0 Å². The third-order valence-corrected chi connectivity index (χ3v) is 5.23. The quantitative estimate of drug-likeness (QED) is 0.340. The monoisotopic (exact) mass is 452 g/mol. The van der Waals surface area contributed by atoms with E-state index in [1.54, 1.807) is 25.1 Å². The molecule has 2 aromatic carbocycles. The number of aliphatic hydroxyl groups is 1. The highest BCUT2D eigenvalue weighted by atomic mass is 19.1. The van der Waals surface area contributed by atoms with Crippen molar-refractivity contribution in [1.29, 1.82) is 0 Å². The standard InChI is InChI=1S/C24H21FN2O6/c1-4-32-17-10-7-15(12-18(17)31-3)21-20(22(28)14-5-8-16(25)9-6-14)23(29)24(30)27(21)19-11-13(2)33-26-19/h5-12,21,28H,4H2,1-3H3/t21-/m1/s1. The van der Waals surface area contributed by atoms with Gasteiger partial charge in [0.15, 0.2) is 17.3 Å². The molecule has 1 saturated heterocycles. The van der Waals surface area contributed by atoms with Crippen LogP contribution >= 0.6 is 0 Å². The lowest BCUT2D eigenvalue weighted by Crippen LogP contribution is -2.29. The summed E-state index contributed by atoms with van der Waals surface area (Å²) in [7, 11) is 1.47. The molecular weight excluding hydrogens is 431 g/mol. The molecule has 33 heavy (non-hydrogen) atoms. The number of ether oxygens (including phenoxy) is 2. The Bertz CT molecular complexity index is 1250. The van der Waals surface area contributed by atoms with Crippen molar-refractivity contribution in [2.45, 2.75) is 19.9 Å². The van der Waals surface area contributed by atoms with Crippen molar-refractivity contribution in [1.82, 2.24) is 5.16 Å². The van der Waals surface area contributed by atoms with Crippen LogP contribution in [0.2, 0.25) is 0 Å². The Morgan fingerprint density at radius 1 is 1.15 bits per heavy atom. The van der Waals surface area contributed by atoms with Crippen molar-refractivity contribution in [3.05, 3.63) is 76.8 Å². The molecule has 0 radical (unpaired) electrons. The van der Waals surface area contributed by atoms with Gasteiger partial charge in [-0.1, -0.05) is 11.2 Å². The number of aryl methyl sites for hydroxylation is 1. The zero-order valence-electron chi connectivity index (χ0n) is 18.2. The first-order valence-corrected chi connectivity index (χ1v) is 10.2. The molecule has 1 aliphatic rings. The average Bonchev–Trinajstić information content (AvgIpc) is 3.35. The van der Waals surface area contributed by atoms with E-state index in [9.17, 15) is 19.1 Å². The van der Waals surface area contributed by atoms with E-state index in [0.29, 0.717) is 29.4 Å². The molecule has 8 nitrogen and oxygen atoms in total. The van der Waals surface area contributed by atoms with Gasteiger partial charge < -0.3 is 19.1 Å². The Labute approximate surface area is 188 Å². The molecule has 4 rings (SSSR count). The number of carbonyl (C=O) groups is 2. The van der Waals surface area contributed by atoms with Crippen LogP contribution in [-0.2, 0) is 9.59 Å². The molecule has 0 aliphatic carbocycles. The predicted molar refractivity (Wildman–Crippen MR) is 117 cm³/mol. The zero-order chi connectivity index (χ0) is 23.7. The number of hydrogen-bond acceptors (Lipinski definition) is 7. The summed E-state index contributed by atoms with van der Waals surface area (Å²) in [6, 6.07) is 10.4. The van der Waals surface area contributed by atoms with Crippen molar-refractivity contribution in [2.75, 3.05) is 18.6 Å². The van der Waals surface area contributed by atoms with E-state index in [1.807, 2.05) is 6.92 Å². The van der Waals surface area contributed by atoms with Crippen molar-refractivity contribution in [3.8, 4) is 11.5 Å². The van der Waals surface area contributed by atoms with Crippen molar-refractivity contribution >= 4 is 23.3 Å². The number of benzene rings is 2. The number of aromatic nitrogens is 1. The summed E-state index contributed by atoms with van der Waals surface area (Å²) in [6.45, 7) is 3.90. The lowest BCUT2D eigenvalue weighted by molar-refractivity contribution is -0.132. The Hall–Kier alpha value is -4.14. The highest BCUT2D eigenvalue weighted by Crippen LogP contribution is 2.43. The molecule has 3 aromatic rings. The van der Waals surface area contributed by atoms with Gasteiger partial charge in [-0.25, -0.2) is 4.39 Å². The van der Waals surface area contributed by atoms with Crippen LogP contribution in [0.3, 0.4) is 0 Å². The van der Waals surface area contributed by atoms with Gasteiger partial charge in [0, 0.05) is 11.6 Å². The molecule has 0 saturated carbocycles. The number of halogens is 1. The summed E-state index contributed by atoms with van der Waals surface area (Å²) >= 11 is 0. The second-order valence-corrected chi connectivity index (χ2v) is 7.32. The Morgan fingerprint density at radius 3 is 2.48 bits per heavy atom. The van der Waals surface area contributed by atoms with E-state index < -0.39 is 29.3 Å². The molecule has 0 unspecified atom stereocenters. The van der Waals surface area contributed by atoms with Crippen LogP contribution < -0.4 is 14.4 Å². The van der Waals surface area contributed by atoms with Crippen LogP contribution in [-0.4, -0.2) is 35.7 Å². The Kier molecular flexibility index (Phi) is 5.87. The molecule has 0 bridgehead atoms. The minimum absolute atomic E-state index is 0.116. The largest absolute Gasteiger partial charge is 0.507 e. The average molecular weight is 452 g/mol. The minimum atomic E-state index is -1.04. The van der Waals surface area contributed by atoms with Gasteiger partial charge in [0.05, 0.1) is 25.3 Å². The molecule has 2 heterocycles. The molecule has 1 N–H and O–H groups in total. The number of methoxy groups -OCH3 is 1. The molecule has 0 spiro atoms. The third kappa shape index (κ3) is 3.93. The van der Waals surface area contributed by atoms with Gasteiger partial charge in [-0.2, -0.15) is 0 Å². The van der Waals surface area contributed by atoms with E-state index in [2.05, 4.69) is 5.16 Å². The van der Waals surface area contributed by atoms with Crippen LogP contribution in [0.4, 0.5) is 10.2 Å². The molecule has 1 atom stereocenters. The lowest BCUT2D eigenvalue weighted by atomic mass is 9.95. The van der Waals surface area contributed by atoms with Crippen LogP contribution in [0.25, 0.3) is 5.76 Å². The molecule has 170 valence electrons. The first kappa shape index (κ1) is 22.1. The normalized spacial score (nSPS) is 17.5. The Balaban J connectivity index is 1.93. The van der Waals surface area contributed by atoms with Crippen LogP contribution in [0.5, 0.6) is 11.5 Å². The summed E-state index contributed by atoms with van der Waals surface area (Å²) < 4.78 is 29.5. The SMILES string of the molecule is CCOc1ccc([C@@H]2C(=C(O)c3ccc(F)cc3)C(=O)C(=O)N2c2cc(C)on2)cc1OC. The van der Waals surface area contributed by atoms with Crippen molar-refractivity contribution < 1.29 is 33.1 Å². The highest BCUT2D eigenvalue weighted by Gasteiger charge is 2.48. The second kappa shape index (κ2) is 8.78. The van der Waals surface area contributed by atoms with Gasteiger partial charge in [-0.15, -0.1) is 0 Å². The molecule has 1 fully saturated rings. The number of nitrogens with zero attached hydrogens (tertiary/aromatic N) is 2. The van der Waals surface area contributed by atoms with Gasteiger partial charge in [0.2, 0.25) is 0 Å². The fourth-order valence-electron chi connectivity index (χ4n) is 3.74. The summed E-state index contributed by atoms with van der Waals surface area (Å²) in [6.07, 6.45) is 0. The molecule has 1 amide bonds. The maximum atomic E-state index is 13.4. The number of hydrogen-bond donors (Lipinski definition) is 1. The van der Waals surface area contributed by atoms with E-state index in [0.717, 1.165) is 17.0 Å². The lowest BCUT2D eigenvalue weighted by Gasteiger charge is -2.23. The third-order valence-electron chi connectivity index (χ3n) is 5.23. The predicted octanol–water partition coefficient (Wildman–Crippen LogP) is 4.16. The van der Waals surface area contributed by atoms with Crippen molar-refractivity contribution in [2.24, 2.45) is 0 Å². The number of aliphatic hydroxyl groups excluding tert-OH is 1. The van der Waals surface area contributed by atoms with Gasteiger partial charge in [0.1, 0.15) is 17.3 Å². The first-order valence-electron chi connectivity index (χ1n) is 10.2. The van der Waals surface area contributed by atoms with E-state index in [1.165, 1.54) is 25.3 Å². The van der Waals surface area contributed by atoms with Gasteiger partial charge in [-0.05, 0) is 55.8 Å². The fourth-order valence-corrected chi connectivity index (χ4v) is 3.74. The summed E-state index contributed by atoms with van der Waals surface area (Å²) in [4.78, 5) is 27.3. The number of rotatable bonds is 6. The molecule has 1 aliphatic heterocycles. The maximum absolute atomic E-state index is 13.4. The number of carbonyl (C=O) groups excluding carboxylic acids is 2. The molecule has 1 aromatic heterocycles. The van der Waals surface area contributed by atoms with Crippen LogP contribution in [0, 0.1) is 12.7 Å². The number of anilines is 1. The minimum Gasteiger partial charge on any atom is -0.507 e. The summed E-state index contributed by atoms with van der Waals surface area (Å²) in [5, 5.41) is 14.9. The highest BCUT2D eigenvalue weighted by molar-refractivity contribution is 6.51. The number of ketones is 1. The van der Waals surface area contributed by atoms with Gasteiger partial charge in [-0.3, -0.25) is 14.5 Å². The topological polar surface area (TPSA) is 102 Å². The van der Waals surface area contributed by atoms with Crippen molar-refractivity contribution in [3.63, 3.8) is 0 Å². The van der Waals surface area contributed by atoms with E-state index in [-0.39, 0.29) is 17.0 Å². The summed E-state index contributed by atoms with van der Waals surface area (Å²) in [5.74, 6) is -1.31. The van der Waals surface area contributed by atoms with Gasteiger partial charge in [0.25, 0.3) is 5.78 Å². The smallest absolute Gasteiger partial charge is 0.301 e. The summed E-state index contributed by atoms with van der Waals surface area (Å²) in [5.41, 5.74) is 0.492. The fraction of sp³-hybridized carbons (Fsp3) is 0.208. The van der Waals surface area contributed by atoms with Crippen LogP contribution in [0.1, 0.15) is 29.9 Å². The molecule has 9 heteroatoms. The first-order chi connectivity index (χ1) is 15.8. The second-order valence-electron chi connectivity index (χ2n) is 7.32.